The Morgan fingerprint density at radius 1 is 0.792 bits per heavy atom. The van der Waals surface area contributed by atoms with Crippen molar-refractivity contribution in [1.82, 2.24) is 0 Å². The highest BCUT2D eigenvalue weighted by Gasteiger charge is 2.49. The van der Waals surface area contributed by atoms with Crippen LogP contribution < -0.4 is 0 Å². The van der Waals surface area contributed by atoms with Crippen LogP contribution in [0.1, 0.15) is 13.3 Å². The van der Waals surface area contributed by atoms with Crippen LogP contribution in [0.15, 0.2) is 0 Å². The van der Waals surface area contributed by atoms with E-state index in [1.807, 2.05) is 6.55 Å². The minimum absolute atomic E-state index is 0.131. The van der Waals surface area contributed by atoms with Gasteiger partial charge in [-0.15, -0.1) is 0 Å². The van der Waals surface area contributed by atoms with Crippen LogP contribution in [-0.2, 0) is 21.5 Å². The molecule has 0 aromatic heterocycles. The van der Waals surface area contributed by atoms with Crippen molar-refractivity contribution in [3.63, 3.8) is 0 Å². The van der Waals surface area contributed by atoms with Crippen LogP contribution in [0.3, 0.4) is 0 Å². The lowest BCUT2D eigenvalue weighted by Crippen LogP contribution is -2.60. The van der Waals surface area contributed by atoms with E-state index in [0.29, 0.717) is 6.61 Å². The third kappa shape index (κ3) is 7.92. The van der Waals surface area contributed by atoms with Crippen molar-refractivity contribution in [3.8, 4) is 0 Å². The molecule has 0 spiro atoms. The molecular weight excluding hydrogens is 373 g/mol. The largest absolute Gasteiger partial charge is 0.478 e. The topological polar surface area (TPSA) is 46.2 Å². The Morgan fingerprint density at radius 2 is 1.29 bits per heavy atom. The summed E-state index contributed by atoms with van der Waals surface area (Å²) >= 11 is 0. The zero-order valence-corrected chi connectivity index (χ0v) is 21.4. The summed E-state index contributed by atoms with van der Waals surface area (Å²) in [5, 5.41) is 0. The lowest BCUT2D eigenvalue weighted by molar-refractivity contribution is -0.139. The zero-order chi connectivity index (χ0) is 18.9. The first-order valence-electron chi connectivity index (χ1n) is 8.92. The van der Waals surface area contributed by atoms with Crippen LogP contribution in [0.25, 0.3) is 0 Å². The number of hydrogen-bond acceptors (Lipinski definition) is 5. The van der Waals surface area contributed by atoms with Gasteiger partial charge in [0, 0.05) is 18.6 Å². The molecule has 1 atom stereocenters. The van der Waals surface area contributed by atoms with Gasteiger partial charge in [0.05, 0.1) is 13.2 Å². The molecule has 1 aliphatic rings. The Labute approximate surface area is 153 Å². The highest BCUT2D eigenvalue weighted by molar-refractivity contribution is 6.87. The molecule has 1 unspecified atom stereocenters. The Kier molecular flexibility index (Phi) is 7.31. The van der Waals surface area contributed by atoms with Crippen molar-refractivity contribution >= 4 is 34.0 Å². The van der Waals surface area contributed by atoms with E-state index in [9.17, 15) is 0 Å². The second-order valence-corrected chi connectivity index (χ2v) is 25.1. The van der Waals surface area contributed by atoms with Crippen LogP contribution >= 0.6 is 0 Å². The molecular formula is C15H38O5Si4. The third-order valence-electron chi connectivity index (χ3n) is 3.68. The van der Waals surface area contributed by atoms with Crippen LogP contribution in [0, 0.1) is 5.41 Å². The summed E-state index contributed by atoms with van der Waals surface area (Å²) in [6.07, 6.45) is 1.05. The second kappa shape index (κ2) is 7.73. The van der Waals surface area contributed by atoms with Crippen molar-refractivity contribution in [2.24, 2.45) is 5.41 Å². The maximum absolute atomic E-state index is 6.53. The van der Waals surface area contributed by atoms with Gasteiger partial charge in [-0.25, -0.2) is 0 Å². The van der Waals surface area contributed by atoms with E-state index in [0.717, 1.165) is 19.6 Å². The summed E-state index contributed by atoms with van der Waals surface area (Å²) in [6.45, 7) is 23.8. The first-order valence-corrected chi connectivity index (χ1v) is 20.8. The van der Waals surface area contributed by atoms with Gasteiger partial charge in [-0.3, -0.25) is 0 Å². The van der Waals surface area contributed by atoms with Crippen molar-refractivity contribution in [2.75, 3.05) is 19.8 Å². The molecule has 144 valence electrons. The van der Waals surface area contributed by atoms with Gasteiger partial charge in [-0.05, 0) is 58.8 Å². The lowest BCUT2D eigenvalue weighted by atomic mass is 9.84. The summed E-state index contributed by atoms with van der Waals surface area (Å²) in [6, 6.07) is 0. The molecule has 0 aromatic rings. The standard InChI is InChI=1S/C15H38O5Si4/c1-11-15(12-16-13-15)14-17-24(10,19-22(5,6)7)20-23(8,9)18-21(2,3)4/h11-14H2,1-10H3. The molecule has 1 rings (SSSR count). The fourth-order valence-electron chi connectivity index (χ4n) is 2.91. The molecule has 5 nitrogen and oxygen atoms in total. The maximum Gasteiger partial charge on any atom is 0.478 e. The molecule has 0 aliphatic carbocycles. The number of hydrogen-bond donors (Lipinski definition) is 0. The molecule has 0 radical (unpaired) electrons. The van der Waals surface area contributed by atoms with E-state index >= 15 is 0 Å². The van der Waals surface area contributed by atoms with Gasteiger partial charge >= 0.3 is 17.4 Å². The van der Waals surface area contributed by atoms with E-state index in [4.69, 9.17) is 21.5 Å². The summed E-state index contributed by atoms with van der Waals surface area (Å²) < 4.78 is 31.1. The highest BCUT2D eigenvalue weighted by atomic mass is 28.5. The van der Waals surface area contributed by atoms with Gasteiger partial charge in [0.25, 0.3) is 0 Å². The van der Waals surface area contributed by atoms with Crippen LogP contribution in [0.4, 0.5) is 0 Å². The Hall–Kier alpha value is 0.668. The van der Waals surface area contributed by atoms with Crippen molar-refractivity contribution in [2.45, 2.75) is 72.3 Å². The van der Waals surface area contributed by atoms with Crippen molar-refractivity contribution in [3.05, 3.63) is 0 Å². The first-order chi connectivity index (χ1) is 10.6. The van der Waals surface area contributed by atoms with E-state index < -0.39 is 34.0 Å². The molecule has 1 heterocycles. The average Bonchev–Trinajstić information content (AvgIpc) is 2.20. The van der Waals surface area contributed by atoms with Crippen LogP contribution in [0.5, 0.6) is 0 Å². The van der Waals surface area contributed by atoms with Crippen LogP contribution in [-0.4, -0.2) is 53.8 Å². The Bertz CT molecular complexity index is 410. The molecule has 0 aromatic carbocycles. The monoisotopic (exact) mass is 410 g/mol. The second-order valence-electron chi connectivity index (χ2n) is 9.43. The lowest BCUT2D eigenvalue weighted by Gasteiger charge is -2.45. The minimum Gasteiger partial charge on any atom is -0.437 e. The average molecular weight is 411 g/mol. The highest BCUT2D eigenvalue weighted by Crippen LogP contribution is 2.34. The van der Waals surface area contributed by atoms with Crippen molar-refractivity contribution < 1.29 is 21.5 Å². The SMILES string of the molecule is CCC1(CO[Si](C)(O[Si](C)(C)C)O[Si](C)(C)O[Si](C)(C)C)COC1. The molecule has 24 heavy (non-hydrogen) atoms. The predicted molar refractivity (Wildman–Crippen MR) is 109 cm³/mol. The van der Waals surface area contributed by atoms with E-state index in [1.165, 1.54) is 0 Å². The fraction of sp³-hybridized carbons (Fsp3) is 1.00. The molecule has 1 fully saturated rings. The smallest absolute Gasteiger partial charge is 0.437 e. The van der Waals surface area contributed by atoms with Gasteiger partial charge in [0.2, 0.25) is 0 Å². The minimum atomic E-state index is -2.76. The molecule has 0 saturated carbocycles. The van der Waals surface area contributed by atoms with Gasteiger partial charge in [0.15, 0.2) is 16.6 Å². The zero-order valence-electron chi connectivity index (χ0n) is 17.4. The molecule has 0 N–H and O–H groups in total. The quantitative estimate of drug-likeness (QED) is 0.499. The molecule has 0 amide bonds. The summed E-state index contributed by atoms with van der Waals surface area (Å²) in [4.78, 5) is 0. The molecule has 1 aliphatic heterocycles. The fourth-order valence-corrected chi connectivity index (χ4v) is 18.9. The third-order valence-corrected chi connectivity index (χ3v) is 16.1. The van der Waals surface area contributed by atoms with Gasteiger partial charge in [-0.2, -0.15) is 0 Å². The van der Waals surface area contributed by atoms with E-state index in [1.54, 1.807) is 0 Å². The van der Waals surface area contributed by atoms with Crippen LogP contribution in [0.2, 0.25) is 58.9 Å². The van der Waals surface area contributed by atoms with Crippen molar-refractivity contribution in [1.29, 1.82) is 0 Å². The number of ether oxygens (including phenoxy) is 1. The maximum atomic E-state index is 6.53. The van der Waals surface area contributed by atoms with E-state index in [-0.39, 0.29) is 5.41 Å². The Balaban J connectivity index is 2.85. The number of rotatable bonds is 10. The van der Waals surface area contributed by atoms with Gasteiger partial charge in [0.1, 0.15) is 0 Å². The Morgan fingerprint density at radius 3 is 1.62 bits per heavy atom. The van der Waals surface area contributed by atoms with Gasteiger partial charge < -0.3 is 21.5 Å². The van der Waals surface area contributed by atoms with E-state index in [2.05, 4.69) is 59.3 Å². The molecule has 0 bridgehead atoms. The molecule has 1 saturated heterocycles. The first kappa shape index (κ1) is 22.7. The molecule has 9 heteroatoms. The summed E-state index contributed by atoms with van der Waals surface area (Å²) in [5.74, 6) is 0. The predicted octanol–water partition coefficient (Wildman–Crippen LogP) is 4.42. The summed E-state index contributed by atoms with van der Waals surface area (Å²) in [5.41, 5.74) is 0.131. The normalized spacial score (nSPS) is 21.2. The van der Waals surface area contributed by atoms with Gasteiger partial charge in [-0.1, -0.05) is 6.92 Å². The summed E-state index contributed by atoms with van der Waals surface area (Å²) in [7, 11) is -8.54.